The molecule has 0 spiro atoms. The molecule has 0 aliphatic carbocycles. The Labute approximate surface area is 191 Å². The number of halogens is 3. The summed E-state index contributed by atoms with van der Waals surface area (Å²) in [5.74, 6) is -3.84. The molecule has 0 aliphatic heterocycles. The van der Waals surface area contributed by atoms with E-state index in [4.69, 9.17) is 11.8 Å². The van der Waals surface area contributed by atoms with Crippen LogP contribution < -0.4 is 0 Å². The van der Waals surface area contributed by atoms with E-state index in [0.29, 0.717) is 4.90 Å². The van der Waals surface area contributed by atoms with Gasteiger partial charge in [0.25, 0.3) is 0 Å². The summed E-state index contributed by atoms with van der Waals surface area (Å²) in [5.41, 5.74) is -0.340. The van der Waals surface area contributed by atoms with Crippen LogP contribution in [0.2, 0.25) is 0 Å². The molecular weight excluding hydrogens is 462 g/mol. The van der Waals surface area contributed by atoms with Crippen molar-refractivity contribution in [2.24, 2.45) is 0 Å². The first-order valence-corrected chi connectivity index (χ1v) is 11.4. The van der Waals surface area contributed by atoms with Crippen molar-refractivity contribution in [2.75, 3.05) is 20.6 Å². The monoisotopic (exact) mass is 485 g/mol. The average molecular weight is 485 g/mol. The van der Waals surface area contributed by atoms with Crippen LogP contribution in [0.1, 0.15) is 11.1 Å². The Hall–Kier alpha value is -2.39. The molecular formula is C21H23F3N3O3PS. The maximum Gasteiger partial charge on any atom is 0.471 e. The highest BCUT2D eigenvalue weighted by atomic mass is 32.4. The number of hydrogen-bond donors (Lipinski definition) is 1. The van der Waals surface area contributed by atoms with Gasteiger partial charge in [-0.1, -0.05) is 72.5 Å². The number of aliphatic carboxylic acids is 1. The Morgan fingerprint density at radius 3 is 1.62 bits per heavy atom. The van der Waals surface area contributed by atoms with Crippen LogP contribution >= 0.6 is 7.36 Å². The third-order valence-electron chi connectivity index (χ3n) is 4.82. The minimum Gasteiger partial charge on any atom is -0.480 e. The smallest absolute Gasteiger partial charge is 0.471 e. The third-order valence-corrected chi connectivity index (χ3v) is 6.72. The summed E-state index contributed by atoms with van der Waals surface area (Å²) in [6.45, 7) is -0.907. The van der Waals surface area contributed by atoms with Gasteiger partial charge in [-0.2, -0.15) is 13.2 Å². The standard InChI is InChI=1S/C21H23F3N3O3PS/c1-25(13-16-9-5-3-6-10-16)21(31-32,26(2)14-17-11-7-4-8-12-17)27(15-18(28)29)19(30)20(22,23)24/h3-12H,13-15H2,1-2H3,(H,28,29). The summed E-state index contributed by atoms with van der Waals surface area (Å²) in [6, 6.07) is 17.8. The summed E-state index contributed by atoms with van der Waals surface area (Å²) in [7, 11) is 2.97. The van der Waals surface area contributed by atoms with Crippen LogP contribution in [-0.4, -0.2) is 64.0 Å². The number of carbonyl (C=O) groups excluding carboxylic acids is 1. The summed E-state index contributed by atoms with van der Waals surface area (Å²) in [4.78, 5) is 27.2. The van der Waals surface area contributed by atoms with Crippen molar-refractivity contribution in [1.82, 2.24) is 14.7 Å². The van der Waals surface area contributed by atoms with Crippen LogP contribution in [0, 0.1) is 0 Å². The van der Waals surface area contributed by atoms with Crippen LogP contribution in [0.3, 0.4) is 0 Å². The zero-order valence-corrected chi connectivity index (χ0v) is 19.2. The second kappa shape index (κ2) is 11.0. The van der Waals surface area contributed by atoms with E-state index in [1.54, 1.807) is 60.7 Å². The second-order valence-electron chi connectivity index (χ2n) is 7.16. The summed E-state index contributed by atoms with van der Waals surface area (Å²) < 4.78 is 40.6. The van der Waals surface area contributed by atoms with Gasteiger partial charge in [0, 0.05) is 20.4 Å². The molecule has 0 radical (unpaired) electrons. The Kier molecular flexibility index (Phi) is 8.86. The molecule has 6 nitrogen and oxygen atoms in total. The predicted octanol–water partition coefficient (Wildman–Crippen LogP) is 3.75. The van der Waals surface area contributed by atoms with E-state index in [-0.39, 0.29) is 20.4 Å². The normalized spacial score (nSPS) is 12.3. The number of alkyl halides is 3. The highest BCUT2D eigenvalue weighted by Gasteiger charge is 2.54. The molecule has 0 atom stereocenters. The highest BCUT2D eigenvalue weighted by molar-refractivity contribution is 7.97. The molecule has 32 heavy (non-hydrogen) atoms. The van der Waals surface area contributed by atoms with E-state index < -0.39 is 30.1 Å². The maximum absolute atomic E-state index is 13.5. The van der Waals surface area contributed by atoms with Crippen LogP contribution in [0.15, 0.2) is 60.7 Å². The van der Waals surface area contributed by atoms with Gasteiger partial charge < -0.3 is 5.11 Å². The molecule has 0 aromatic heterocycles. The quantitative estimate of drug-likeness (QED) is 0.409. The number of carboxylic acids is 1. The Bertz CT molecular complexity index is 885. The zero-order valence-electron chi connectivity index (χ0n) is 17.5. The van der Waals surface area contributed by atoms with E-state index in [2.05, 4.69) is 0 Å². The fourth-order valence-corrected chi connectivity index (χ4v) is 5.23. The molecule has 2 aromatic carbocycles. The highest BCUT2D eigenvalue weighted by Crippen LogP contribution is 2.39. The molecule has 2 rings (SSSR count). The first kappa shape index (κ1) is 25.9. The molecule has 0 saturated carbocycles. The number of nitrogens with zero attached hydrogens (tertiary/aromatic N) is 3. The summed E-state index contributed by atoms with van der Waals surface area (Å²) in [5, 5.41) is 9.37. The fraction of sp³-hybridized carbons (Fsp3) is 0.333. The molecule has 0 fully saturated rings. The van der Waals surface area contributed by atoms with Crippen molar-refractivity contribution < 1.29 is 27.9 Å². The van der Waals surface area contributed by atoms with Crippen molar-refractivity contribution in [3.8, 4) is 0 Å². The van der Waals surface area contributed by atoms with Crippen LogP contribution in [0.4, 0.5) is 13.2 Å². The number of amides is 1. The number of benzene rings is 2. The van der Waals surface area contributed by atoms with Gasteiger partial charge in [0.2, 0.25) is 5.53 Å². The lowest BCUT2D eigenvalue weighted by atomic mass is 10.2. The van der Waals surface area contributed by atoms with E-state index in [1.165, 1.54) is 23.9 Å². The fourth-order valence-electron chi connectivity index (χ4n) is 3.42. The summed E-state index contributed by atoms with van der Waals surface area (Å²) >= 11 is 5.28. The minimum absolute atomic E-state index is 0.0723. The van der Waals surface area contributed by atoms with Crippen LogP contribution in [0.5, 0.6) is 0 Å². The van der Waals surface area contributed by atoms with Gasteiger partial charge in [0.05, 0.1) is 0 Å². The van der Waals surface area contributed by atoms with E-state index in [9.17, 15) is 27.9 Å². The van der Waals surface area contributed by atoms with Gasteiger partial charge in [0.1, 0.15) is 6.54 Å². The largest absolute Gasteiger partial charge is 0.480 e. The van der Waals surface area contributed by atoms with Gasteiger partial charge in [-0.15, -0.1) is 0 Å². The molecule has 0 aliphatic rings. The van der Waals surface area contributed by atoms with E-state index in [1.807, 2.05) is 0 Å². The number of carbonyl (C=O) groups is 2. The molecule has 1 N–H and O–H groups in total. The topological polar surface area (TPSA) is 64.1 Å². The molecule has 11 heteroatoms. The van der Waals surface area contributed by atoms with Crippen molar-refractivity contribution in [1.29, 1.82) is 0 Å². The van der Waals surface area contributed by atoms with Crippen molar-refractivity contribution >= 4 is 31.0 Å². The first-order chi connectivity index (χ1) is 15.0. The SMILES string of the molecule is CN(Cc1ccccc1)C(P=S)(N(C)Cc1ccccc1)N(CC(=O)O)C(=O)C(F)(F)F. The van der Waals surface area contributed by atoms with Gasteiger partial charge in [-0.3, -0.25) is 24.3 Å². The number of hydrogen-bond acceptors (Lipinski definition) is 5. The van der Waals surface area contributed by atoms with Crippen LogP contribution in [0.25, 0.3) is 0 Å². The lowest BCUT2D eigenvalue weighted by molar-refractivity contribution is -0.204. The Morgan fingerprint density at radius 1 is 0.906 bits per heavy atom. The lowest BCUT2D eigenvalue weighted by Crippen LogP contribution is -2.68. The third kappa shape index (κ3) is 6.10. The van der Waals surface area contributed by atoms with Crippen molar-refractivity contribution in [2.45, 2.75) is 24.8 Å². The Morgan fingerprint density at radius 2 is 1.31 bits per heavy atom. The van der Waals surface area contributed by atoms with E-state index in [0.717, 1.165) is 11.1 Å². The van der Waals surface area contributed by atoms with Crippen LogP contribution in [-0.2, 0) is 34.5 Å². The van der Waals surface area contributed by atoms with Gasteiger partial charge in [0.15, 0.2) is 0 Å². The van der Waals surface area contributed by atoms with Gasteiger partial charge in [-0.05, 0) is 25.2 Å². The maximum atomic E-state index is 13.5. The van der Waals surface area contributed by atoms with Gasteiger partial charge in [-0.25, -0.2) is 0 Å². The molecule has 2 aromatic rings. The lowest BCUT2D eigenvalue weighted by Gasteiger charge is -2.50. The summed E-state index contributed by atoms with van der Waals surface area (Å²) in [6.07, 6.45) is -5.28. The molecule has 0 unspecified atom stereocenters. The minimum atomic E-state index is -5.28. The number of rotatable bonds is 10. The molecule has 172 valence electrons. The van der Waals surface area contributed by atoms with Crippen molar-refractivity contribution in [3.63, 3.8) is 0 Å². The zero-order chi connectivity index (χ0) is 23.9. The number of carboxylic acid groups (broad SMARTS) is 1. The van der Waals surface area contributed by atoms with Gasteiger partial charge >= 0.3 is 18.1 Å². The molecule has 0 saturated heterocycles. The molecule has 0 bridgehead atoms. The van der Waals surface area contributed by atoms with Crippen molar-refractivity contribution in [3.05, 3.63) is 71.8 Å². The Balaban J connectivity index is 2.60. The average Bonchev–Trinajstić information content (AvgIpc) is 2.74. The van der Waals surface area contributed by atoms with E-state index >= 15 is 0 Å². The first-order valence-electron chi connectivity index (χ1n) is 9.47. The predicted molar refractivity (Wildman–Crippen MR) is 118 cm³/mol. The second-order valence-corrected chi connectivity index (χ2v) is 8.49. The molecule has 0 heterocycles. The molecule has 1 amide bonds.